The number of thioether (sulfide) groups is 1. The van der Waals surface area contributed by atoms with Crippen molar-refractivity contribution in [3.8, 4) is 0 Å². The minimum atomic E-state index is -3.53. The fourth-order valence-corrected chi connectivity index (χ4v) is 5.96. The average Bonchev–Trinajstić information content (AvgIpc) is 2.78. The van der Waals surface area contributed by atoms with Crippen LogP contribution in [-0.2, 0) is 14.8 Å². The summed E-state index contributed by atoms with van der Waals surface area (Å²) in [4.78, 5) is 19.4. The van der Waals surface area contributed by atoms with Gasteiger partial charge in [-0.3, -0.25) is 4.79 Å². The Kier molecular flexibility index (Phi) is 6.31. The van der Waals surface area contributed by atoms with E-state index >= 15 is 0 Å². The van der Waals surface area contributed by atoms with Crippen LogP contribution in [0.5, 0.6) is 0 Å². The molecule has 0 saturated carbocycles. The van der Waals surface area contributed by atoms with Crippen LogP contribution in [0.25, 0.3) is 10.9 Å². The Morgan fingerprint density at radius 1 is 1.00 bits per heavy atom. The number of piperazine rings is 1. The summed E-state index contributed by atoms with van der Waals surface area (Å²) in [5.74, 6) is 0.292. The van der Waals surface area contributed by atoms with E-state index in [-0.39, 0.29) is 11.7 Å². The number of sulfonamides is 1. The number of pyridine rings is 1. The van der Waals surface area contributed by atoms with Crippen LogP contribution >= 0.6 is 11.8 Å². The van der Waals surface area contributed by atoms with E-state index in [1.54, 1.807) is 29.2 Å². The number of rotatable bonds is 5. The largest absolute Gasteiger partial charge is 0.339 e. The van der Waals surface area contributed by atoms with Crippen molar-refractivity contribution in [2.75, 3.05) is 31.9 Å². The molecule has 0 aliphatic carbocycles. The Bertz CT molecular complexity index is 1200. The van der Waals surface area contributed by atoms with Gasteiger partial charge in [0, 0.05) is 31.6 Å². The number of amides is 1. The van der Waals surface area contributed by atoms with Crippen LogP contribution in [0, 0.1) is 13.8 Å². The highest BCUT2D eigenvalue weighted by atomic mass is 32.2. The highest BCUT2D eigenvalue weighted by Gasteiger charge is 2.30. The molecule has 1 aromatic heterocycles. The molecule has 0 bridgehead atoms. The molecular weight excluding hydrogens is 430 g/mol. The summed E-state index contributed by atoms with van der Waals surface area (Å²) < 4.78 is 27.1. The van der Waals surface area contributed by atoms with Crippen LogP contribution in [0.1, 0.15) is 11.1 Å². The van der Waals surface area contributed by atoms with Gasteiger partial charge in [-0.25, -0.2) is 13.4 Å². The maximum atomic E-state index is 12.8. The third-order valence-corrected chi connectivity index (χ3v) is 8.30. The first-order chi connectivity index (χ1) is 14.8. The summed E-state index contributed by atoms with van der Waals surface area (Å²) in [5, 5.41) is 1.94. The molecule has 0 spiro atoms. The van der Waals surface area contributed by atoms with Gasteiger partial charge in [-0.05, 0) is 43.7 Å². The Morgan fingerprint density at radius 3 is 2.39 bits per heavy atom. The Labute approximate surface area is 187 Å². The van der Waals surface area contributed by atoms with E-state index in [0.29, 0.717) is 31.1 Å². The molecule has 0 radical (unpaired) electrons. The molecule has 162 valence electrons. The minimum Gasteiger partial charge on any atom is -0.339 e. The molecule has 0 unspecified atom stereocenters. The molecule has 3 aromatic rings. The monoisotopic (exact) mass is 455 g/mol. The summed E-state index contributed by atoms with van der Waals surface area (Å²) >= 11 is 1.42. The molecule has 8 heteroatoms. The zero-order valence-corrected chi connectivity index (χ0v) is 19.2. The standard InChI is InChI=1S/C23H25N3O3S2/c1-17-7-9-19(10-8-17)31(28,29)26-13-11-25(12-14-26)23(27)16-30-22-15-18(2)20-5-3-4-6-21(20)24-22/h3-10,15H,11-14,16H2,1-2H3. The lowest BCUT2D eigenvalue weighted by Gasteiger charge is -2.34. The van der Waals surface area contributed by atoms with E-state index in [9.17, 15) is 13.2 Å². The minimum absolute atomic E-state index is 0.00463. The van der Waals surface area contributed by atoms with Gasteiger partial charge in [0.1, 0.15) is 0 Å². The molecule has 31 heavy (non-hydrogen) atoms. The van der Waals surface area contributed by atoms with Gasteiger partial charge in [0.15, 0.2) is 0 Å². The first-order valence-corrected chi connectivity index (χ1v) is 12.6. The van der Waals surface area contributed by atoms with Crippen LogP contribution in [0.4, 0.5) is 0 Å². The number of aryl methyl sites for hydroxylation is 2. The normalized spacial score (nSPS) is 15.4. The second-order valence-electron chi connectivity index (χ2n) is 7.68. The van der Waals surface area contributed by atoms with E-state index in [4.69, 9.17) is 0 Å². The maximum Gasteiger partial charge on any atom is 0.243 e. The van der Waals surface area contributed by atoms with Crippen LogP contribution < -0.4 is 0 Å². The summed E-state index contributed by atoms with van der Waals surface area (Å²) in [7, 11) is -3.53. The van der Waals surface area contributed by atoms with Crippen LogP contribution in [0.2, 0.25) is 0 Å². The van der Waals surface area contributed by atoms with Crippen molar-refractivity contribution in [3.05, 3.63) is 65.7 Å². The molecule has 0 atom stereocenters. The van der Waals surface area contributed by atoms with Gasteiger partial charge in [-0.2, -0.15) is 4.31 Å². The summed E-state index contributed by atoms with van der Waals surface area (Å²) in [6.45, 7) is 5.38. The number of nitrogens with zero attached hydrogens (tertiary/aromatic N) is 3. The van der Waals surface area contributed by atoms with Crippen LogP contribution in [-0.4, -0.2) is 60.4 Å². The van der Waals surface area contributed by atoms with Crippen molar-refractivity contribution in [2.45, 2.75) is 23.8 Å². The molecule has 2 aromatic carbocycles. The van der Waals surface area contributed by atoms with Crippen molar-refractivity contribution < 1.29 is 13.2 Å². The van der Waals surface area contributed by atoms with Crippen molar-refractivity contribution in [1.29, 1.82) is 0 Å². The van der Waals surface area contributed by atoms with Crippen molar-refractivity contribution in [3.63, 3.8) is 0 Å². The number of aromatic nitrogens is 1. The molecule has 1 aliphatic rings. The summed E-state index contributed by atoms with van der Waals surface area (Å²) in [6, 6.07) is 16.8. The predicted molar refractivity (Wildman–Crippen MR) is 124 cm³/mol. The van der Waals surface area contributed by atoms with Gasteiger partial charge in [-0.15, -0.1) is 0 Å². The number of fused-ring (bicyclic) bond motifs is 1. The van der Waals surface area contributed by atoms with Gasteiger partial charge in [0.05, 0.1) is 21.2 Å². The Morgan fingerprint density at radius 2 is 1.68 bits per heavy atom. The number of benzene rings is 2. The second-order valence-corrected chi connectivity index (χ2v) is 10.6. The van der Waals surface area contributed by atoms with Gasteiger partial charge >= 0.3 is 0 Å². The van der Waals surface area contributed by atoms with Gasteiger partial charge in [-0.1, -0.05) is 47.7 Å². The lowest BCUT2D eigenvalue weighted by molar-refractivity contribution is -0.129. The average molecular weight is 456 g/mol. The molecule has 1 saturated heterocycles. The molecule has 1 aliphatic heterocycles. The quantitative estimate of drug-likeness (QED) is 0.551. The number of carbonyl (C=O) groups excluding carboxylic acids is 1. The van der Waals surface area contributed by atoms with Crippen molar-refractivity contribution in [1.82, 2.24) is 14.2 Å². The Balaban J connectivity index is 1.35. The number of carbonyl (C=O) groups is 1. The van der Waals surface area contributed by atoms with Crippen LogP contribution in [0.15, 0.2) is 64.5 Å². The number of hydrogen-bond acceptors (Lipinski definition) is 5. The molecule has 1 fully saturated rings. The lowest BCUT2D eigenvalue weighted by Crippen LogP contribution is -2.50. The fraction of sp³-hybridized carbons (Fsp3) is 0.304. The first-order valence-electron chi connectivity index (χ1n) is 10.2. The van der Waals surface area contributed by atoms with E-state index in [1.807, 2.05) is 44.2 Å². The highest BCUT2D eigenvalue weighted by Crippen LogP contribution is 2.24. The van der Waals surface area contributed by atoms with Gasteiger partial charge in [0.25, 0.3) is 0 Å². The van der Waals surface area contributed by atoms with Gasteiger partial charge < -0.3 is 4.90 Å². The van der Waals surface area contributed by atoms with Crippen LogP contribution in [0.3, 0.4) is 0 Å². The van der Waals surface area contributed by atoms with E-state index in [2.05, 4.69) is 4.98 Å². The predicted octanol–water partition coefficient (Wildman–Crippen LogP) is 3.48. The highest BCUT2D eigenvalue weighted by molar-refractivity contribution is 7.99. The zero-order valence-electron chi connectivity index (χ0n) is 17.6. The van der Waals surface area contributed by atoms with Crippen molar-refractivity contribution in [2.24, 2.45) is 0 Å². The molecule has 4 rings (SSSR count). The van der Waals surface area contributed by atoms with Gasteiger partial charge in [0.2, 0.25) is 15.9 Å². The molecule has 6 nitrogen and oxygen atoms in total. The third kappa shape index (κ3) is 4.76. The maximum absolute atomic E-state index is 12.8. The second kappa shape index (κ2) is 8.98. The lowest BCUT2D eigenvalue weighted by atomic mass is 10.1. The van der Waals surface area contributed by atoms with Crippen molar-refractivity contribution >= 4 is 38.6 Å². The summed E-state index contributed by atoms with van der Waals surface area (Å²) in [5.41, 5.74) is 3.07. The first kappa shape index (κ1) is 21.8. The topological polar surface area (TPSA) is 70.6 Å². The van der Waals surface area contributed by atoms with E-state index in [1.165, 1.54) is 16.1 Å². The van der Waals surface area contributed by atoms with E-state index < -0.39 is 10.0 Å². The molecule has 0 N–H and O–H groups in total. The molecule has 1 amide bonds. The zero-order chi connectivity index (χ0) is 22.0. The fourth-order valence-electron chi connectivity index (χ4n) is 3.66. The summed E-state index contributed by atoms with van der Waals surface area (Å²) in [6.07, 6.45) is 0. The number of hydrogen-bond donors (Lipinski definition) is 0. The Hall–Kier alpha value is -2.42. The molecular formula is C23H25N3O3S2. The molecule has 2 heterocycles. The smallest absolute Gasteiger partial charge is 0.243 e. The third-order valence-electron chi connectivity index (χ3n) is 5.49. The SMILES string of the molecule is Cc1ccc(S(=O)(=O)N2CCN(C(=O)CSc3cc(C)c4ccccc4n3)CC2)cc1. The van der Waals surface area contributed by atoms with E-state index in [0.717, 1.165) is 27.1 Å². The number of para-hydroxylation sites is 1.